The normalized spacial score (nSPS) is 11.8. The highest BCUT2D eigenvalue weighted by molar-refractivity contribution is 6.16. The van der Waals surface area contributed by atoms with E-state index in [9.17, 15) is 4.79 Å². The molecule has 1 aliphatic carbocycles. The van der Waals surface area contributed by atoms with E-state index in [0.717, 1.165) is 45.2 Å². The molecule has 3 heteroatoms. The maximum absolute atomic E-state index is 12.9. The van der Waals surface area contributed by atoms with E-state index >= 15 is 0 Å². The second-order valence-corrected chi connectivity index (χ2v) is 7.21. The predicted molar refractivity (Wildman–Crippen MR) is 116 cm³/mol. The van der Waals surface area contributed by atoms with Gasteiger partial charge in [-0.15, -0.1) is 0 Å². The molecule has 0 heterocycles. The summed E-state index contributed by atoms with van der Waals surface area (Å²) in [6.07, 6.45) is 0.720. The summed E-state index contributed by atoms with van der Waals surface area (Å²) in [5.74, 6) is 0.459. The zero-order chi connectivity index (χ0) is 20.0. The molecule has 0 unspecified atom stereocenters. The van der Waals surface area contributed by atoms with Crippen LogP contribution in [0.15, 0.2) is 72.8 Å². The van der Waals surface area contributed by atoms with Crippen molar-refractivity contribution in [3.8, 4) is 28.0 Å². The lowest BCUT2D eigenvalue weighted by molar-refractivity contribution is 0.0602. The van der Waals surface area contributed by atoms with E-state index in [1.807, 2.05) is 42.5 Å². The highest BCUT2D eigenvalue weighted by atomic mass is 16.5. The minimum atomic E-state index is -0.302. The number of rotatable bonds is 3. The van der Waals surface area contributed by atoms with Crippen LogP contribution in [0.5, 0.6) is 5.75 Å². The van der Waals surface area contributed by atoms with Crippen molar-refractivity contribution in [1.29, 1.82) is 0 Å². The Kier molecular flexibility index (Phi) is 4.09. The molecule has 0 atom stereocenters. The number of methoxy groups -OCH3 is 2. The van der Waals surface area contributed by atoms with Crippen molar-refractivity contribution >= 4 is 16.7 Å². The minimum Gasteiger partial charge on any atom is -0.497 e. The summed E-state index contributed by atoms with van der Waals surface area (Å²) in [5.41, 5.74) is 7.46. The van der Waals surface area contributed by atoms with Gasteiger partial charge in [0.2, 0.25) is 0 Å². The lowest BCUT2D eigenvalue weighted by atomic mass is 9.85. The first-order valence-corrected chi connectivity index (χ1v) is 9.61. The highest BCUT2D eigenvalue weighted by Crippen LogP contribution is 2.49. The van der Waals surface area contributed by atoms with Crippen LogP contribution in [0.25, 0.3) is 33.0 Å². The van der Waals surface area contributed by atoms with Gasteiger partial charge >= 0.3 is 5.97 Å². The number of hydrogen-bond donors (Lipinski definition) is 0. The molecule has 0 saturated heterocycles. The fourth-order valence-corrected chi connectivity index (χ4v) is 4.47. The largest absolute Gasteiger partial charge is 0.497 e. The van der Waals surface area contributed by atoms with Crippen molar-refractivity contribution in [1.82, 2.24) is 0 Å². The number of hydrogen-bond acceptors (Lipinski definition) is 3. The third-order valence-corrected chi connectivity index (χ3v) is 5.72. The van der Waals surface area contributed by atoms with Crippen molar-refractivity contribution in [2.45, 2.75) is 6.42 Å². The van der Waals surface area contributed by atoms with Gasteiger partial charge in [0.25, 0.3) is 0 Å². The monoisotopic (exact) mass is 380 g/mol. The summed E-state index contributed by atoms with van der Waals surface area (Å²) < 4.78 is 10.7. The van der Waals surface area contributed by atoms with Gasteiger partial charge in [0.1, 0.15) is 5.75 Å². The lowest BCUT2D eigenvalue weighted by Gasteiger charge is -2.19. The molecule has 0 spiro atoms. The van der Waals surface area contributed by atoms with Crippen molar-refractivity contribution in [3.05, 3.63) is 89.5 Å². The molecule has 142 valence electrons. The Morgan fingerprint density at radius 3 is 2.34 bits per heavy atom. The Morgan fingerprint density at radius 1 is 0.828 bits per heavy atom. The van der Waals surface area contributed by atoms with Gasteiger partial charge in [0.15, 0.2) is 0 Å². The number of carbonyl (C=O) groups excluding carboxylic acids is 1. The molecule has 0 N–H and O–H groups in total. The van der Waals surface area contributed by atoms with Gasteiger partial charge < -0.3 is 9.47 Å². The Bertz CT molecular complexity index is 1260. The van der Waals surface area contributed by atoms with Crippen LogP contribution >= 0.6 is 0 Å². The van der Waals surface area contributed by atoms with Gasteiger partial charge in [-0.25, -0.2) is 4.79 Å². The first-order chi connectivity index (χ1) is 14.2. The summed E-state index contributed by atoms with van der Waals surface area (Å²) >= 11 is 0. The van der Waals surface area contributed by atoms with Crippen LogP contribution in [-0.2, 0) is 11.2 Å². The van der Waals surface area contributed by atoms with Gasteiger partial charge in [-0.2, -0.15) is 0 Å². The van der Waals surface area contributed by atoms with Crippen LogP contribution in [0.4, 0.5) is 0 Å². The van der Waals surface area contributed by atoms with Crippen molar-refractivity contribution in [3.63, 3.8) is 0 Å². The van der Waals surface area contributed by atoms with Crippen LogP contribution in [0.1, 0.15) is 21.5 Å². The second-order valence-electron chi connectivity index (χ2n) is 7.21. The van der Waals surface area contributed by atoms with E-state index in [1.54, 1.807) is 7.11 Å². The number of carbonyl (C=O) groups is 1. The summed E-state index contributed by atoms with van der Waals surface area (Å²) in [5, 5.41) is 1.88. The van der Waals surface area contributed by atoms with Gasteiger partial charge in [-0.3, -0.25) is 0 Å². The molecular formula is C26H20O3. The Hall–Kier alpha value is -3.59. The van der Waals surface area contributed by atoms with Crippen molar-refractivity contribution in [2.75, 3.05) is 14.2 Å². The molecule has 0 aromatic heterocycles. The molecule has 3 nitrogen and oxygen atoms in total. The molecule has 0 radical (unpaired) electrons. The third-order valence-electron chi connectivity index (χ3n) is 5.72. The number of ether oxygens (including phenoxy) is 2. The molecule has 0 saturated carbocycles. The van der Waals surface area contributed by atoms with Gasteiger partial charge in [-0.05, 0) is 68.8 Å². The molecule has 0 fully saturated rings. The Morgan fingerprint density at radius 2 is 1.59 bits per heavy atom. The summed E-state index contributed by atoms with van der Waals surface area (Å²) in [6, 6.07) is 24.6. The zero-order valence-corrected chi connectivity index (χ0v) is 16.4. The predicted octanol–water partition coefficient (Wildman–Crippen LogP) is 5.87. The first-order valence-electron chi connectivity index (χ1n) is 9.61. The summed E-state index contributed by atoms with van der Waals surface area (Å²) in [7, 11) is 3.10. The van der Waals surface area contributed by atoms with E-state index in [0.29, 0.717) is 5.56 Å². The molecule has 0 aliphatic heterocycles. The van der Waals surface area contributed by atoms with Gasteiger partial charge in [0, 0.05) is 0 Å². The van der Waals surface area contributed by atoms with Crippen molar-refractivity contribution < 1.29 is 14.3 Å². The molecule has 5 rings (SSSR count). The second kappa shape index (κ2) is 6.78. The molecular weight excluding hydrogens is 360 g/mol. The van der Waals surface area contributed by atoms with Crippen LogP contribution in [-0.4, -0.2) is 20.2 Å². The van der Waals surface area contributed by atoms with Crippen LogP contribution in [0.3, 0.4) is 0 Å². The lowest BCUT2D eigenvalue weighted by Crippen LogP contribution is -2.08. The Balaban J connectivity index is 2.00. The zero-order valence-electron chi connectivity index (χ0n) is 16.4. The van der Waals surface area contributed by atoms with E-state index in [4.69, 9.17) is 9.47 Å². The number of benzene rings is 4. The summed E-state index contributed by atoms with van der Waals surface area (Å²) in [4.78, 5) is 12.9. The van der Waals surface area contributed by atoms with Crippen LogP contribution in [0.2, 0.25) is 0 Å². The quantitative estimate of drug-likeness (QED) is 0.367. The SMILES string of the molecule is COC(=O)c1c2c(c(-c3ccccc3)c3cc(OC)ccc13)-c1ccccc1C2. The first kappa shape index (κ1) is 17.5. The number of esters is 1. The molecule has 0 bridgehead atoms. The average Bonchev–Trinajstić information content (AvgIpc) is 3.16. The van der Waals surface area contributed by atoms with E-state index in [2.05, 4.69) is 30.3 Å². The fourth-order valence-electron chi connectivity index (χ4n) is 4.47. The van der Waals surface area contributed by atoms with E-state index in [1.165, 1.54) is 18.2 Å². The van der Waals surface area contributed by atoms with Gasteiger partial charge in [0.05, 0.1) is 19.8 Å². The smallest absolute Gasteiger partial charge is 0.338 e. The molecule has 4 aromatic carbocycles. The summed E-state index contributed by atoms with van der Waals surface area (Å²) in [6.45, 7) is 0. The third kappa shape index (κ3) is 2.62. The van der Waals surface area contributed by atoms with E-state index in [-0.39, 0.29) is 5.97 Å². The van der Waals surface area contributed by atoms with Crippen LogP contribution in [0, 0.1) is 0 Å². The molecule has 29 heavy (non-hydrogen) atoms. The Labute approximate surface area is 169 Å². The standard InChI is InChI=1S/C26H20O3/c1-28-18-12-13-20-21(15-18)23(16-8-4-3-5-9-16)24-19-11-7-6-10-17(19)14-22(24)25(20)26(27)29-2/h3-13,15H,14H2,1-2H3. The fraction of sp³-hybridized carbons (Fsp3) is 0.115. The van der Waals surface area contributed by atoms with Crippen molar-refractivity contribution in [2.24, 2.45) is 0 Å². The molecule has 0 amide bonds. The highest BCUT2D eigenvalue weighted by Gasteiger charge is 2.30. The molecule has 1 aliphatic rings. The maximum atomic E-state index is 12.9. The van der Waals surface area contributed by atoms with E-state index < -0.39 is 0 Å². The number of fused-ring (bicyclic) bond motifs is 4. The topological polar surface area (TPSA) is 35.5 Å². The van der Waals surface area contributed by atoms with Crippen LogP contribution < -0.4 is 4.74 Å². The van der Waals surface area contributed by atoms with Gasteiger partial charge in [-0.1, -0.05) is 54.6 Å². The maximum Gasteiger partial charge on any atom is 0.338 e. The average molecular weight is 380 g/mol. The molecule has 4 aromatic rings. The minimum absolute atomic E-state index is 0.302.